The number of para-hydroxylation sites is 1. The zero-order valence-corrected chi connectivity index (χ0v) is 16.8. The lowest BCUT2D eigenvalue weighted by Crippen LogP contribution is -2.41. The smallest absolute Gasteiger partial charge is 0.191 e. The molecule has 0 amide bonds. The van der Waals surface area contributed by atoms with Crippen LogP contribution in [0.25, 0.3) is 0 Å². The number of nitrogens with one attached hydrogen (secondary N) is 2. The van der Waals surface area contributed by atoms with Gasteiger partial charge in [0.15, 0.2) is 5.96 Å². The molecule has 1 aliphatic rings. The topological polar surface area (TPSA) is 54.9 Å². The first-order valence-corrected chi connectivity index (χ1v) is 8.10. The minimum atomic E-state index is 0. The fourth-order valence-corrected chi connectivity index (χ4v) is 2.77. The Hall–Kier alpha value is -1.96. The summed E-state index contributed by atoms with van der Waals surface area (Å²) in [5, 5.41) is 6.64. The summed E-state index contributed by atoms with van der Waals surface area (Å²) >= 11 is 0. The van der Waals surface area contributed by atoms with Gasteiger partial charge in [-0.3, -0.25) is 4.99 Å². The number of benzene rings is 2. The van der Waals surface area contributed by atoms with Crippen molar-refractivity contribution in [2.75, 3.05) is 20.7 Å². The van der Waals surface area contributed by atoms with Crippen LogP contribution in [0.5, 0.6) is 11.5 Å². The molecule has 1 atom stereocenters. The van der Waals surface area contributed by atoms with Crippen LogP contribution in [0.3, 0.4) is 0 Å². The first-order valence-electron chi connectivity index (χ1n) is 8.10. The zero-order valence-electron chi connectivity index (χ0n) is 14.5. The lowest BCUT2D eigenvalue weighted by molar-refractivity contribution is 0.235. The van der Waals surface area contributed by atoms with Crippen molar-refractivity contribution < 1.29 is 9.47 Å². The number of aliphatic imine (C=N–C) groups is 1. The normalized spacial score (nSPS) is 15.6. The van der Waals surface area contributed by atoms with E-state index in [1.54, 1.807) is 14.2 Å². The minimum Gasteiger partial charge on any atom is -0.497 e. The van der Waals surface area contributed by atoms with E-state index in [9.17, 15) is 0 Å². The van der Waals surface area contributed by atoms with Crippen molar-refractivity contribution in [3.8, 4) is 11.5 Å². The summed E-state index contributed by atoms with van der Waals surface area (Å²) < 4.78 is 11.2. The molecular formula is C19H24IN3O2. The molecule has 2 aromatic carbocycles. The molecule has 0 spiro atoms. The van der Waals surface area contributed by atoms with E-state index in [1.165, 1.54) is 5.56 Å². The van der Waals surface area contributed by atoms with Gasteiger partial charge in [-0.05, 0) is 29.3 Å². The molecule has 0 aliphatic carbocycles. The Morgan fingerprint density at radius 1 is 1.20 bits per heavy atom. The molecule has 1 aliphatic heterocycles. The zero-order chi connectivity index (χ0) is 16.8. The highest BCUT2D eigenvalue weighted by molar-refractivity contribution is 14.0. The number of fused-ring (bicyclic) bond motifs is 1. The Bertz CT molecular complexity index is 696. The maximum atomic E-state index is 5.93. The van der Waals surface area contributed by atoms with Gasteiger partial charge in [-0.15, -0.1) is 24.0 Å². The van der Waals surface area contributed by atoms with Crippen LogP contribution in [-0.4, -0.2) is 32.8 Å². The van der Waals surface area contributed by atoms with Crippen molar-refractivity contribution in [2.45, 2.75) is 19.1 Å². The van der Waals surface area contributed by atoms with Crippen molar-refractivity contribution in [3.05, 3.63) is 59.7 Å². The van der Waals surface area contributed by atoms with Crippen LogP contribution < -0.4 is 20.1 Å². The average molecular weight is 453 g/mol. The maximum Gasteiger partial charge on any atom is 0.191 e. The van der Waals surface area contributed by atoms with Crippen molar-refractivity contribution in [3.63, 3.8) is 0 Å². The van der Waals surface area contributed by atoms with E-state index < -0.39 is 0 Å². The maximum absolute atomic E-state index is 5.93. The predicted octanol–water partition coefficient (Wildman–Crippen LogP) is 2.98. The number of halogens is 1. The van der Waals surface area contributed by atoms with Crippen molar-refractivity contribution >= 4 is 29.9 Å². The molecule has 0 saturated heterocycles. The molecule has 134 valence electrons. The number of ether oxygens (including phenoxy) is 2. The quantitative estimate of drug-likeness (QED) is 0.416. The Morgan fingerprint density at radius 2 is 2.04 bits per heavy atom. The third-order valence-electron chi connectivity index (χ3n) is 4.03. The van der Waals surface area contributed by atoms with Crippen LogP contribution in [0.4, 0.5) is 0 Å². The number of hydrogen-bond acceptors (Lipinski definition) is 3. The summed E-state index contributed by atoms with van der Waals surface area (Å²) in [6.45, 7) is 1.40. The third-order valence-corrected chi connectivity index (χ3v) is 4.03. The van der Waals surface area contributed by atoms with Gasteiger partial charge in [0.1, 0.15) is 17.6 Å². The third kappa shape index (κ3) is 5.26. The SMILES string of the molecule is CN=C(NCc1cccc(OC)c1)NCC1Cc2ccccc2O1.I. The molecule has 0 saturated carbocycles. The van der Waals surface area contributed by atoms with Crippen LogP contribution >= 0.6 is 24.0 Å². The number of guanidine groups is 1. The summed E-state index contributed by atoms with van der Waals surface area (Å²) in [4.78, 5) is 4.26. The summed E-state index contributed by atoms with van der Waals surface area (Å²) in [6, 6.07) is 16.2. The highest BCUT2D eigenvalue weighted by Crippen LogP contribution is 2.27. The molecule has 3 rings (SSSR count). The average Bonchev–Trinajstić information content (AvgIpc) is 3.05. The van der Waals surface area contributed by atoms with E-state index in [0.29, 0.717) is 13.1 Å². The van der Waals surface area contributed by atoms with E-state index >= 15 is 0 Å². The van der Waals surface area contributed by atoms with Gasteiger partial charge in [-0.1, -0.05) is 30.3 Å². The van der Waals surface area contributed by atoms with Crippen LogP contribution in [0, 0.1) is 0 Å². The molecule has 5 nitrogen and oxygen atoms in total. The standard InChI is InChI=1S/C19H23N3O2.HI/c1-20-19(21-12-14-6-5-8-16(10-14)23-2)22-13-17-11-15-7-3-4-9-18(15)24-17;/h3-10,17H,11-13H2,1-2H3,(H2,20,21,22);1H. The molecule has 6 heteroatoms. The highest BCUT2D eigenvalue weighted by atomic mass is 127. The number of hydrogen-bond donors (Lipinski definition) is 2. The first-order chi connectivity index (χ1) is 11.8. The van der Waals surface area contributed by atoms with E-state index in [0.717, 1.165) is 29.4 Å². The van der Waals surface area contributed by atoms with Gasteiger partial charge in [0.05, 0.1) is 13.7 Å². The van der Waals surface area contributed by atoms with Gasteiger partial charge in [0.25, 0.3) is 0 Å². The lowest BCUT2D eigenvalue weighted by atomic mass is 10.1. The van der Waals surface area contributed by atoms with Crippen LogP contribution in [0.15, 0.2) is 53.5 Å². The Kier molecular flexibility index (Phi) is 7.36. The molecule has 2 N–H and O–H groups in total. The van der Waals surface area contributed by atoms with E-state index in [4.69, 9.17) is 9.47 Å². The molecular weight excluding hydrogens is 429 g/mol. The van der Waals surface area contributed by atoms with E-state index in [-0.39, 0.29) is 30.1 Å². The van der Waals surface area contributed by atoms with Gasteiger partial charge in [-0.2, -0.15) is 0 Å². The molecule has 0 radical (unpaired) electrons. The van der Waals surface area contributed by atoms with Gasteiger partial charge in [-0.25, -0.2) is 0 Å². The summed E-state index contributed by atoms with van der Waals surface area (Å²) in [7, 11) is 3.44. The van der Waals surface area contributed by atoms with Crippen molar-refractivity contribution in [1.82, 2.24) is 10.6 Å². The Morgan fingerprint density at radius 3 is 2.80 bits per heavy atom. The largest absolute Gasteiger partial charge is 0.497 e. The second kappa shape index (κ2) is 9.50. The van der Waals surface area contributed by atoms with Gasteiger partial charge < -0.3 is 20.1 Å². The van der Waals surface area contributed by atoms with E-state index in [1.807, 2.05) is 36.4 Å². The van der Waals surface area contributed by atoms with E-state index in [2.05, 4.69) is 27.8 Å². The highest BCUT2D eigenvalue weighted by Gasteiger charge is 2.22. The lowest BCUT2D eigenvalue weighted by Gasteiger charge is -2.15. The summed E-state index contributed by atoms with van der Waals surface area (Å²) in [5.74, 6) is 2.61. The predicted molar refractivity (Wildman–Crippen MR) is 111 cm³/mol. The Balaban J connectivity index is 0.00000225. The van der Waals surface area contributed by atoms with Gasteiger partial charge >= 0.3 is 0 Å². The van der Waals surface area contributed by atoms with Gasteiger partial charge in [0, 0.05) is 20.0 Å². The van der Waals surface area contributed by atoms with Crippen LogP contribution in [0.1, 0.15) is 11.1 Å². The Labute approximate surface area is 165 Å². The van der Waals surface area contributed by atoms with Gasteiger partial charge in [0.2, 0.25) is 0 Å². The molecule has 0 bridgehead atoms. The van der Waals surface area contributed by atoms with Crippen LogP contribution in [-0.2, 0) is 13.0 Å². The number of nitrogens with zero attached hydrogens (tertiary/aromatic N) is 1. The minimum absolute atomic E-state index is 0. The fourth-order valence-electron chi connectivity index (χ4n) is 2.77. The van der Waals surface area contributed by atoms with Crippen molar-refractivity contribution in [1.29, 1.82) is 0 Å². The second-order valence-corrected chi connectivity index (χ2v) is 5.71. The van der Waals surface area contributed by atoms with Crippen LogP contribution in [0.2, 0.25) is 0 Å². The second-order valence-electron chi connectivity index (χ2n) is 5.71. The molecule has 1 heterocycles. The summed E-state index contributed by atoms with van der Waals surface area (Å²) in [6.07, 6.45) is 1.06. The van der Waals surface area contributed by atoms with Crippen molar-refractivity contribution in [2.24, 2.45) is 4.99 Å². The first kappa shape index (κ1) is 19.4. The number of rotatable bonds is 5. The molecule has 0 aromatic heterocycles. The molecule has 2 aromatic rings. The monoisotopic (exact) mass is 453 g/mol. The number of methoxy groups -OCH3 is 1. The molecule has 0 fully saturated rings. The fraction of sp³-hybridized carbons (Fsp3) is 0.316. The molecule has 1 unspecified atom stereocenters. The molecule has 25 heavy (non-hydrogen) atoms. The summed E-state index contributed by atoms with van der Waals surface area (Å²) in [5.41, 5.74) is 2.41.